The molecule has 1 heterocycles. The van der Waals surface area contributed by atoms with E-state index in [1.54, 1.807) is 0 Å². The molecule has 0 bridgehead atoms. The Morgan fingerprint density at radius 3 is 2.69 bits per heavy atom. The van der Waals surface area contributed by atoms with Gasteiger partial charge in [0.2, 0.25) is 0 Å². The van der Waals surface area contributed by atoms with E-state index in [-0.39, 0.29) is 5.41 Å². The van der Waals surface area contributed by atoms with Gasteiger partial charge in [-0.25, -0.2) is 0 Å². The van der Waals surface area contributed by atoms with Gasteiger partial charge in [0, 0.05) is 0 Å². The van der Waals surface area contributed by atoms with Crippen LogP contribution in [0.4, 0.5) is 0 Å². The van der Waals surface area contributed by atoms with Crippen LogP contribution >= 0.6 is 0 Å². The van der Waals surface area contributed by atoms with Crippen molar-refractivity contribution in [1.82, 2.24) is 0 Å². The molecule has 2 heteroatoms. The number of ether oxygens (including phenoxy) is 1. The van der Waals surface area contributed by atoms with Crippen molar-refractivity contribution in [2.24, 2.45) is 5.41 Å². The zero-order valence-electron chi connectivity index (χ0n) is 10.3. The van der Waals surface area contributed by atoms with E-state index in [1.165, 1.54) is 11.1 Å². The summed E-state index contributed by atoms with van der Waals surface area (Å²) in [6.45, 7) is 7.70. The topological polar surface area (TPSA) is 29.5 Å². The first-order chi connectivity index (χ1) is 7.54. The Morgan fingerprint density at radius 2 is 2.00 bits per heavy atom. The molecular formula is C14H20O2. The summed E-state index contributed by atoms with van der Waals surface area (Å²) >= 11 is 0. The van der Waals surface area contributed by atoms with Crippen molar-refractivity contribution >= 4 is 0 Å². The quantitative estimate of drug-likeness (QED) is 0.847. The Morgan fingerprint density at radius 1 is 1.31 bits per heavy atom. The van der Waals surface area contributed by atoms with Crippen molar-refractivity contribution in [3.63, 3.8) is 0 Å². The highest BCUT2D eigenvalue weighted by molar-refractivity contribution is 5.34. The maximum absolute atomic E-state index is 10.3. The van der Waals surface area contributed by atoms with Crippen LogP contribution in [0.1, 0.15) is 50.0 Å². The molecule has 1 aromatic rings. The molecule has 1 atom stereocenters. The highest BCUT2D eigenvalue weighted by Crippen LogP contribution is 2.37. The fourth-order valence-electron chi connectivity index (χ4n) is 2.01. The van der Waals surface area contributed by atoms with Crippen LogP contribution in [-0.2, 0) is 18.0 Å². The fourth-order valence-corrected chi connectivity index (χ4v) is 2.01. The minimum atomic E-state index is -0.400. The Hall–Kier alpha value is -0.860. The predicted molar refractivity (Wildman–Crippen MR) is 64.0 cm³/mol. The fraction of sp³-hybridized carbons (Fsp3) is 0.571. The molecule has 2 nitrogen and oxygen atoms in total. The Labute approximate surface area is 97.3 Å². The summed E-state index contributed by atoms with van der Waals surface area (Å²) in [6.07, 6.45) is 0.560. The Kier molecular flexibility index (Phi) is 3.04. The van der Waals surface area contributed by atoms with Crippen LogP contribution in [0.15, 0.2) is 18.2 Å². The number of rotatable bonds is 3. The molecule has 0 fully saturated rings. The molecule has 0 aliphatic carbocycles. The maximum Gasteiger partial charge on any atom is 0.0840 e. The molecule has 1 aliphatic heterocycles. The second-order valence-electron chi connectivity index (χ2n) is 5.27. The second-order valence-corrected chi connectivity index (χ2v) is 5.27. The molecule has 0 saturated heterocycles. The molecule has 0 saturated carbocycles. The summed E-state index contributed by atoms with van der Waals surface area (Å²) in [5.74, 6) is 0. The van der Waals surface area contributed by atoms with E-state index >= 15 is 0 Å². The van der Waals surface area contributed by atoms with Gasteiger partial charge in [-0.3, -0.25) is 0 Å². The van der Waals surface area contributed by atoms with Gasteiger partial charge in [-0.05, 0) is 28.5 Å². The molecule has 1 aromatic carbocycles. The van der Waals surface area contributed by atoms with Crippen LogP contribution in [0, 0.1) is 5.41 Å². The lowest BCUT2D eigenvalue weighted by Crippen LogP contribution is -2.21. The summed E-state index contributed by atoms with van der Waals surface area (Å²) in [5.41, 5.74) is 3.41. The lowest BCUT2D eigenvalue weighted by molar-refractivity contribution is 0.0464. The van der Waals surface area contributed by atoms with E-state index in [9.17, 15) is 5.11 Å². The van der Waals surface area contributed by atoms with E-state index in [0.717, 1.165) is 12.0 Å². The summed E-state index contributed by atoms with van der Waals surface area (Å²) in [7, 11) is 0. The van der Waals surface area contributed by atoms with Gasteiger partial charge in [0.05, 0.1) is 19.3 Å². The van der Waals surface area contributed by atoms with Gasteiger partial charge >= 0.3 is 0 Å². The van der Waals surface area contributed by atoms with Gasteiger partial charge in [0.15, 0.2) is 0 Å². The number of aliphatic hydroxyl groups is 1. The lowest BCUT2D eigenvalue weighted by atomic mass is 9.80. The average Bonchev–Trinajstić information content (AvgIpc) is 2.74. The molecule has 1 aliphatic rings. The largest absolute Gasteiger partial charge is 0.388 e. The van der Waals surface area contributed by atoms with Gasteiger partial charge in [0.25, 0.3) is 0 Å². The van der Waals surface area contributed by atoms with E-state index in [1.807, 2.05) is 6.07 Å². The third kappa shape index (κ3) is 2.00. The van der Waals surface area contributed by atoms with Gasteiger partial charge < -0.3 is 9.84 Å². The van der Waals surface area contributed by atoms with Crippen LogP contribution in [0.25, 0.3) is 0 Å². The standard InChI is InChI=1S/C14H20O2/c1-4-14(2,3)13(15)10-5-6-11-8-16-9-12(11)7-10/h5-7,13,15H,4,8-9H2,1-3H3. The molecule has 88 valence electrons. The van der Waals surface area contributed by atoms with Crippen LogP contribution in [-0.4, -0.2) is 5.11 Å². The van der Waals surface area contributed by atoms with E-state index < -0.39 is 6.10 Å². The van der Waals surface area contributed by atoms with Gasteiger partial charge in [-0.2, -0.15) is 0 Å². The van der Waals surface area contributed by atoms with Crippen LogP contribution in [0.2, 0.25) is 0 Å². The van der Waals surface area contributed by atoms with Crippen LogP contribution < -0.4 is 0 Å². The van der Waals surface area contributed by atoms with Gasteiger partial charge in [-0.1, -0.05) is 39.0 Å². The Bertz CT molecular complexity index is 382. The van der Waals surface area contributed by atoms with E-state index in [4.69, 9.17) is 4.74 Å². The van der Waals surface area contributed by atoms with Crippen LogP contribution in [0.3, 0.4) is 0 Å². The third-order valence-corrected chi connectivity index (χ3v) is 3.71. The van der Waals surface area contributed by atoms with Crippen LogP contribution in [0.5, 0.6) is 0 Å². The number of fused-ring (bicyclic) bond motifs is 1. The summed E-state index contributed by atoms with van der Waals surface area (Å²) < 4.78 is 5.38. The number of hydrogen-bond acceptors (Lipinski definition) is 2. The summed E-state index contributed by atoms with van der Waals surface area (Å²) in [5, 5.41) is 10.3. The molecule has 0 radical (unpaired) electrons. The number of aliphatic hydroxyl groups excluding tert-OH is 1. The zero-order chi connectivity index (χ0) is 11.8. The SMILES string of the molecule is CCC(C)(C)C(O)c1ccc2c(c1)COC2. The molecule has 16 heavy (non-hydrogen) atoms. The summed E-state index contributed by atoms with van der Waals surface area (Å²) in [6, 6.07) is 6.19. The minimum absolute atomic E-state index is 0.0757. The first kappa shape index (κ1) is 11.6. The average molecular weight is 220 g/mol. The van der Waals surface area contributed by atoms with Gasteiger partial charge in [0.1, 0.15) is 0 Å². The maximum atomic E-state index is 10.3. The first-order valence-electron chi connectivity index (χ1n) is 5.92. The number of hydrogen-bond donors (Lipinski definition) is 1. The molecule has 2 rings (SSSR count). The first-order valence-corrected chi connectivity index (χ1v) is 5.92. The van der Waals surface area contributed by atoms with Crippen molar-refractivity contribution in [1.29, 1.82) is 0 Å². The molecule has 0 aromatic heterocycles. The molecule has 1 unspecified atom stereocenters. The molecule has 1 N–H and O–H groups in total. The molecular weight excluding hydrogens is 200 g/mol. The van der Waals surface area contributed by atoms with Crippen molar-refractivity contribution in [3.05, 3.63) is 34.9 Å². The minimum Gasteiger partial charge on any atom is -0.388 e. The second kappa shape index (κ2) is 4.19. The van der Waals surface area contributed by atoms with Crippen molar-refractivity contribution in [2.75, 3.05) is 0 Å². The van der Waals surface area contributed by atoms with E-state index in [2.05, 4.69) is 32.9 Å². The zero-order valence-corrected chi connectivity index (χ0v) is 10.3. The monoisotopic (exact) mass is 220 g/mol. The smallest absolute Gasteiger partial charge is 0.0840 e. The molecule has 0 spiro atoms. The molecule has 0 amide bonds. The number of benzene rings is 1. The summed E-state index contributed by atoms with van der Waals surface area (Å²) in [4.78, 5) is 0. The highest BCUT2D eigenvalue weighted by Gasteiger charge is 2.27. The third-order valence-electron chi connectivity index (χ3n) is 3.71. The normalized spacial score (nSPS) is 17.2. The predicted octanol–water partition coefficient (Wildman–Crippen LogP) is 3.19. The lowest BCUT2D eigenvalue weighted by Gasteiger charge is -2.29. The Balaban J connectivity index is 2.28. The van der Waals surface area contributed by atoms with E-state index in [0.29, 0.717) is 13.2 Å². The van der Waals surface area contributed by atoms with Gasteiger partial charge in [-0.15, -0.1) is 0 Å². The highest BCUT2D eigenvalue weighted by atomic mass is 16.5. The van der Waals surface area contributed by atoms with Crippen molar-refractivity contribution in [3.8, 4) is 0 Å². The van der Waals surface area contributed by atoms with Crippen molar-refractivity contribution in [2.45, 2.75) is 46.5 Å². The van der Waals surface area contributed by atoms with Crippen molar-refractivity contribution < 1.29 is 9.84 Å².